The van der Waals surface area contributed by atoms with Crippen LogP contribution in [0.2, 0.25) is 0 Å². The third-order valence-electron chi connectivity index (χ3n) is 3.42. The van der Waals surface area contributed by atoms with Crippen LogP contribution in [0.3, 0.4) is 0 Å². The van der Waals surface area contributed by atoms with Gasteiger partial charge in [-0.15, -0.1) is 0 Å². The van der Waals surface area contributed by atoms with Crippen molar-refractivity contribution in [3.63, 3.8) is 0 Å². The van der Waals surface area contributed by atoms with Gasteiger partial charge in [0.1, 0.15) is 0 Å². The standard InChI is InChI=1S/C11H20N2O/c1-2-9-7-10(9)12-8-11(14)13-5-3-4-6-13/h9-10,12H,2-8H2,1H3. The lowest BCUT2D eigenvalue weighted by Crippen LogP contribution is -2.37. The summed E-state index contributed by atoms with van der Waals surface area (Å²) in [4.78, 5) is 13.6. The Balaban J connectivity index is 1.63. The number of hydrogen-bond donors (Lipinski definition) is 1. The Morgan fingerprint density at radius 3 is 2.71 bits per heavy atom. The van der Waals surface area contributed by atoms with Crippen LogP contribution < -0.4 is 5.32 Å². The summed E-state index contributed by atoms with van der Waals surface area (Å²) >= 11 is 0. The molecule has 0 bridgehead atoms. The molecular weight excluding hydrogens is 176 g/mol. The average molecular weight is 196 g/mol. The molecule has 0 aromatic carbocycles. The van der Waals surface area contributed by atoms with Crippen molar-refractivity contribution < 1.29 is 4.79 Å². The van der Waals surface area contributed by atoms with Gasteiger partial charge in [0, 0.05) is 19.1 Å². The van der Waals surface area contributed by atoms with Gasteiger partial charge in [-0.2, -0.15) is 0 Å². The van der Waals surface area contributed by atoms with Crippen LogP contribution in [0.15, 0.2) is 0 Å². The smallest absolute Gasteiger partial charge is 0.236 e. The molecule has 0 aromatic heterocycles. The molecule has 0 aromatic rings. The van der Waals surface area contributed by atoms with Crippen LogP contribution in [0.4, 0.5) is 0 Å². The summed E-state index contributed by atoms with van der Waals surface area (Å²) in [5.74, 6) is 1.13. The van der Waals surface area contributed by atoms with Crippen LogP contribution >= 0.6 is 0 Å². The molecule has 1 saturated heterocycles. The first-order valence-electron chi connectivity index (χ1n) is 5.82. The fraction of sp³-hybridized carbons (Fsp3) is 0.909. The maximum Gasteiger partial charge on any atom is 0.236 e. The van der Waals surface area contributed by atoms with E-state index in [1.807, 2.05) is 4.90 Å². The molecular formula is C11H20N2O. The normalized spacial score (nSPS) is 30.8. The number of rotatable bonds is 4. The van der Waals surface area contributed by atoms with Crippen molar-refractivity contribution in [1.29, 1.82) is 0 Å². The second kappa shape index (κ2) is 4.30. The highest BCUT2D eigenvalue weighted by atomic mass is 16.2. The number of likely N-dealkylation sites (tertiary alicyclic amines) is 1. The van der Waals surface area contributed by atoms with Gasteiger partial charge < -0.3 is 10.2 Å². The van der Waals surface area contributed by atoms with E-state index in [1.165, 1.54) is 25.7 Å². The number of carbonyl (C=O) groups excluding carboxylic acids is 1. The van der Waals surface area contributed by atoms with Crippen LogP contribution in [0.25, 0.3) is 0 Å². The summed E-state index contributed by atoms with van der Waals surface area (Å²) < 4.78 is 0. The Labute approximate surface area is 85.8 Å². The minimum atomic E-state index is 0.296. The van der Waals surface area contributed by atoms with Gasteiger partial charge in [0.15, 0.2) is 0 Å². The summed E-state index contributed by atoms with van der Waals surface area (Å²) in [7, 11) is 0. The molecule has 2 aliphatic rings. The number of amides is 1. The van der Waals surface area contributed by atoms with Crippen molar-refractivity contribution in [2.24, 2.45) is 5.92 Å². The van der Waals surface area contributed by atoms with Crippen LogP contribution in [-0.4, -0.2) is 36.5 Å². The molecule has 0 spiro atoms. The summed E-state index contributed by atoms with van der Waals surface area (Å²) in [6.07, 6.45) is 4.89. The lowest BCUT2D eigenvalue weighted by molar-refractivity contribution is -0.129. The molecule has 3 nitrogen and oxygen atoms in total. The van der Waals surface area contributed by atoms with E-state index >= 15 is 0 Å². The molecule has 80 valence electrons. The predicted octanol–water partition coefficient (Wildman–Crippen LogP) is 0.997. The minimum Gasteiger partial charge on any atom is -0.342 e. The Bertz CT molecular complexity index is 211. The molecule has 1 aliphatic heterocycles. The van der Waals surface area contributed by atoms with Gasteiger partial charge >= 0.3 is 0 Å². The first kappa shape index (κ1) is 9.97. The molecule has 1 heterocycles. The molecule has 1 N–H and O–H groups in total. The lowest BCUT2D eigenvalue weighted by atomic mass is 10.3. The molecule has 2 unspecified atom stereocenters. The van der Waals surface area contributed by atoms with Crippen LogP contribution in [0.1, 0.15) is 32.6 Å². The largest absolute Gasteiger partial charge is 0.342 e. The second-order valence-corrected chi connectivity index (χ2v) is 4.48. The highest BCUT2D eigenvalue weighted by molar-refractivity contribution is 5.78. The summed E-state index contributed by atoms with van der Waals surface area (Å²) in [6, 6.07) is 0.631. The van der Waals surface area contributed by atoms with Crippen molar-refractivity contribution in [3.05, 3.63) is 0 Å². The first-order valence-corrected chi connectivity index (χ1v) is 5.82. The quantitative estimate of drug-likeness (QED) is 0.727. The van der Waals surface area contributed by atoms with Crippen LogP contribution in [0, 0.1) is 5.92 Å². The zero-order valence-corrected chi connectivity index (χ0v) is 8.96. The third kappa shape index (κ3) is 2.27. The zero-order chi connectivity index (χ0) is 9.97. The predicted molar refractivity (Wildman–Crippen MR) is 56.0 cm³/mol. The fourth-order valence-electron chi connectivity index (χ4n) is 2.25. The average Bonchev–Trinajstić information content (AvgIpc) is 2.73. The molecule has 0 radical (unpaired) electrons. The lowest BCUT2D eigenvalue weighted by Gasteiger charge is -2.15. The van der Waals surface area contributed by atoms with Gasteiger partial charge in [0.25, 0.3) is 0 Å². The van der Waals surface area contributed by atoms with E-state index in [2.05, 4.69) is 12.2 Å². The molecule has 2 rings (SSSR count). The molecule has 1 saturated carbocycles. The van der Waals surface area contributed by atoms with Crippen molar-refractivity contribution in [1.82, 2.24) is 10.2 Å². The van der Waals surface area contributed by atoms with E-state index in [0.29, 0.717) is 18.5 Å². The summed E-state index contributed by atoms with van der Waals surface area (Å²) in [6.45, 7) is 4.72. The van der Waals surface area contributed by atoms with E-state index < -0.39 is 0 Å². The molecule has 1 amide bonds. The van der Waals surface area contributed by atoms with Gasteiger partial charge in [-0.1, -0.05) is 13.3 Å². The highest BCUT2D eigenvalue weighted by Gasteiger charge is 2.35. The van der Waals surface area contributed by atoms with Gasteiger partial charge in [-0.25, -0.2) is 0 Å². The van der Waals surface area contributed by atoms with E-state index in [0.717, 1.165) is 19.0 Å². The van der Waals surface area contributed by atoms with Crippen molar-refractivity contribution in [3.8, 4) is 0 Å². The zero-order valence-electron chi connectivity index (χ0n) is 8.96. The van der Waals surface area contributed by atoms with Crippen LogP contribution in [-0.2, 0) is 4.79 Å². The summed E-state index contributed by atoms with van der Waals surface area (Å²) in [5.41, 5.74) is 0. The second-order valence-electron chi connectivity index (χ2n) is 4.48. The van der Waals surface area contributed by atoms with Gasteiger partial charge in [-0.05, 0) is 25.2 Å². The maximum absolute atomic E-state index is 11.6. The third-order valence-corrected chi connectivity index (χ3v) is 3.42. The van der Waals surface area contributed by atoms with Gasteiger partial charge in [-0.3, -0.25) is 4.79 Å². The molecule has 3 heteroatoms. The van der Waals surface area contributed by atoms with Crippen molar-refractivity contribution in [2.45, 2.75) is 38.6 Å². The number of nitrogens with zero attached hydrogens (tertiary/aromatic N) is 1. The number of hydrogen-bond acceptors (Lipinski definition) is 2. The highest BCUT2D eigenvalue weighted by Crippen LogP contribution is 2.32. The molecule has 1 aliphatic carbocycles. The fourth-order valence-corrected chi connectivity index (χ4v) is 2.25. The van der Waals surface area contributed by atoms with Gasteiger partial charge in [0.2, 0.25) is 5.91 Å². The summed E-state index contributed by atoms with van der Waals surface area (Å²) in [5, 5.41) is 3.34. The van der Waals surface area contributed by atoms with Crippen molar-refractivity contribution in [2.75, 3.05) is 19.6 Å². The van der Waals surface area contributed by atoms with Gasteiger partial charge in [0.05, 0.1) is 6.54 Å². The topological polar surface area (TPSA) is 32.3 Å². The Morgan fingerprint density at radius 2 is 2.14 bits per heavy atom. The minimum absolute atomic E-state index is 0.296. The van der Waals surface area contributed by atoms with E-state index in [4.69, 9.17) is 0 Å². The van der Waals surface area contributed by atoms with E-state index in [1.54, 1.807) is 0 Å². The first-order chi connectivity index (χ1) is 6.81. The Hall–Kier alpha value is -0.570. The Kier molecular flexibility index (Phi) is 3.06. The molecule has 2 atom stereocenters. The maximum atomic E-state index is 11.6. The molecule has 14 heavy (non-hydrogen) atoms. The number of nitrogens with one attached hydrogen (secondary N) is 1. The number of carbonyl (C=O) groups is 1. The molecule has 2 fully saturated rings. The van der Waals surface area contributed by atoms with Crippen LogP contribution in [0.5, 0.6) is 0 Å². The van der Waals surface area contributed by atoms with E-state index in [-0.39, 0.29) is 0 Å². The Morgan fingerprint density at radius 1 is 1.43 bits per heavy atom. The monoisotopic (exact) mass is 196 g/mol. The van der Waals surface area contributed by atoms with E-state index in [9.17, 15) is 4.79 Å². The SMILES string of the molecule is CCC1CC1NCC(=O)N1CCCC1. The van der Waals surface area contributed by atoms with Crippen molar-refractivity contribution >= 4 is 5.91 Å².